The van der Waals surface area contributed by atoms with Crippen molar-refractivity contribution in [3.05, 3.63) is 5.82 Å². The molecule has 1 aromatic heterocycles. The molecule has 0 aliphatic carbocycles. The molecule has 6 heteroatoms. The number of nitrogen functional groups attached to an aromatic ring is 1. The van der Waals surface area contributed by atoms with Crippen molar-refractivity contribution < 1.29 is 4.79 Å². The van der Waals surface area contributed by atoms with Gasteiger partial charge in [-0.05, 0) is 20.8 Å². The average molecular weight is 197 g/mol. The molecule has 6 nitrogen and oxygen atoms in total. The lowest BCUT2D eigenvalue weighted by atomic mass is 10.1. The van der Waals surface area contributed by atoms with E-state index in [9.17, 15) is 4.79 Å². The number of H-pyrrole nitrogens is 1. The summed E-state index contributed by atoms with van der Waals surface area (Å²) >= 11 is 0. The molecule has 0 unspecified atom stereocenters. The highest BCUT2D eigenvalue weighted by atomic mass is 16.1. The molecule has 1 amide bonds. The van der Waals surface area contributed by atoms with Crippen LogP contribution in [-0.2, 0) is 4.79 Å². The molecule has 1 heterocycles. The molecule has 78 valence electrons. The van der Waals surface area contributed by atoms with E-state index in [1.54, 1.807) is 20.8 Å². The van der Waals surface area contributed by atoms with Gasteiger partial charge in [-0.25, -0.2) is 4.98 Å². The van der Waals surface area contributed by atoms with Gasteiger partial charge in [0.1, 0.15) is 17.2 Å². The summed E-state index contributed by atoms with van der Waals surface area (Å²) in [6, 6.07) is 0. The molecule has 0 aliphatic heterocycles. The van der Waals surface area contributed by atoms with Crippen molar-refractivity contribution in [2.75, 3.05) is 11.1 Å². The van der Waals surface area contributed by atoms with Gasteiger partial charge in [-0.3, -0.25) is 4.79 Å². The zero-order valence-corrected chi connectivity index (χ0v) is 8.51. The lowest BCUT2D eigenvalue weighted by Crippen LogP contribution is -2.45. The van der Waals surface area contributed by atoms with E-state index in [0.29, 0.717) is 17.5 Å². The van der Waals surface area contributed by atoms with Gasteiger partial charge in [0.2, 0.25) is 5.91 Å². The minimum atomic E-state index is -0.865. The smallest absolute Gasteiger partial charge is 0.242 e. The van der Waals surface area contributed by atoms with Crippen LogP contribution < -0.4 is 16.8 Å². The Morgan fingerprint density at radius 1 is 1.57 bits per heavy atom. The van der Waals surface area contributed by atoms with Crippen LogP contribution >= 0.6 is 0 Å². The second-order valence-electron chi connectivity index (χ2n) is 3.70. The number of aryl methyl sites for hydroxylation is 1. The summed E-state index contributed by atoms with van der Waals surface area (Å²) in [5.74, 6) is 1.07. The van der Waals surface area contributed by atoms with Crippen LogP contribution in [0, 0.1) is 6.92 Å². The van der Waals surface area contributed by atoms with E-state index in [2.05, 4.69) is 15.3 Å². The number of anilines is 2. The quantitative estimate of drug-likeness (QED) is 0.545. The zero-order valence-electron chi connectivity index (χ0n) is 8.51. The molecular weight excluding hydrogens is 182 g/mol. The predicted octanol–water partition coefficient (Wildman–Crippen LogP) is -0.0239. The molecule has 0 aliphatic rings. The summed E-state index contributed by atoms with van der Waals surface area (Å²) in [7, 11) is 0. The Morgan fingerprint density at radius 2 is 2.14 bits per heavy atom. The first-order chi connectivity index (χ1) is 6.33. The highest BCUT2D eigenvalue weighted by Gasteiger charge is 2.26. The third-order valence-corrected chi connectivity index (χ3v) is 1.90. The summed E-state index contributed by atoms with van der Waals surface area (Å²) in [4.78, 5) is 17.9. The van der Waals surface area contributed by atoms with Crippen molar-refractivity contribution in [1.82, 2.24) is 9.97 Å². The summed E-state index contributed by atoms with van der Waals surface area (Å²) in [6.07, 6.45) is 0. The fourth-order valence-electron chi connectivity index (χ4n) is 0.963. The maximum Gasteiger partial charge on any atom is 0.242 e. The van der Waals surface area contributed by atoms with Gasteiger partial charge >= 0.3 is 0 Å². The van der Waals surface area contributed by atoms with Crippen LogP contribution in [-0.4, -0.2) is 21.4 Å². The summed E-state index contributed by atoms with van der Waals surface area (Å²) < 4.78 is 0. The van der Waals surface area contributed by atoms with Crippen LogP contribution in [0.2, 0.25) is 0 Å². The van der Waals surface area contributed by atoms with Crippen LogP contribution in [0.5, 0.6) is 0 Å². The Balaban J connectivity index is 2.88. The predicted molar refractivity (Wildman–Crippen MR) is 54.6 cm³/mol. The molecular formula is C8H15N5O. The minimum absolute atomic E-state index is 0.400. The highest BCUT2D eigenvalue weighted by Crippen LogP contribution is 2.18. The normalized spacial score (nSPS) is 11.4. The Kier molecular flexibility index (Phi) is 2.37. The molecule has 0 atom stereocenters. The van der Waals surface area contributed by atoms with Gasteiger partial charge in [-0.2, -0.15) is 0 Å². The summed E-state index contributed by atoms with van der Waals surface area (Å²) in [6.45, 7) is 5.11. The molecule has 0 fully saturated rings. The van der Waals surface area contributed by atoms with E-state index in [1.165, 1.54) is 0 Å². The number of nitrogens with zero attached hydrogens (tertiary/aromatic N) is 1. The highest BCUT2D eigenvalue weighted by molar-refractivity contribution is 5.87. The second-order valence-corrected chi connectivity index (χ2v) is 3.70. The van der Waals surface area contributed by atoms with E-state index in [4.69, 9.17) is 11.5 Å². The fourth-order valence-corrected chi connectivity index (χ4v) is 0.963. The molecule has 0 aromatic carbocycles. The van der Waals surface area contributed by atoms with Gasteiger partial charge in [0.05, 0.1) is 0 Å². The summed E-state index contributed by atoms with van der Waals surface area (Å²) in [5.41, 5.74) is 9.95. The number of imidazole rings is 1. The molecule has 6 N–H and O–H groups in total. The van der Waals surface area contributed by atoms with E-state index in [0.717, 1.165) is 0 Å². The maximum atomic E-state index is 11.0. The maximum absolute atomic E-state index is 11.0. The number of aromatic amines is 1. The van der Waals surface area contributed by atoms with Crippen molar-refractivity contribution in [3.63, 3.8) is 0 Å². The van der Waals surface area contributed by atoms with Crippen molar-refractivity contribution in [2.24, 2.45) is 5.73 Å². The molecule has 0 saturated heterocycles. The standard InChI is InChI=1S/C8H15N5O/c1-4-11-5(9)6(12-4)13-8(2,3)7(10)14/h13H,9H2,1-3H3,(H2,10,14)(H,11,12). The number of hydrogen-bond acceptors (Lipinski definition) is 4. The first-order valence-corrected chi connectivity index (χ1v) is 4.23. The molecule has 1 rings (SSSR count). The number of rotatable bonds is 3. The molecule has 0 saturated carbocycles. The Hall–Kier alpha value is -1.72. The largest absolute Gasteiger partial charge is 0.382 e. The SMILES string of the molecule is Cc1nc(NC(C)(C)C(N)=O)c(N)[nH]1. The average Bonchev–Trinajstić information content (AvgIpc) is 2.29. The van der Waals surface area contributed by atoms with E-state index in [-0.39, 0.29) is 0 Å². The molecule has 0 bridgehead atoms. The first-order valence-electron chi connectivity index (χ1n) is 4.23. The topological polar surface area (TPSA) is 110 Å². The van der Waals surface area contributed by atoms with Crippen molar-refractivity contribution in [3.8, 4) is 0 Å². The van der Waals surface area contributed by atoms with Crippen molar-refractivity contribution in [1.29, 1.82) is 0 Å². The first kappa shape index (κ1) is 10.4. The molecule has 14 heavy (non-hydrogen) atoms. The van der Waals surface area contributed by atoms with Crippen LogP contribution in [0.4, 0.5) is 11.6 Å². The number of carbonyl (C=O) groups excluding carboxylic acids is 1. The van der Waals surface area contributed by atoms with Gasteiger partial charge in [-0.15, -0.1) is 0 Å². The van der Waals surface area contributed by atoms with E-state index >= 15 is 0 Å². The van der Waals surface area contributed by atoms with Crippen molar-refractivity contribution >= 4 is 17.5 Å². The number of amides is 1. The molecule has 0 radical (unpaired) electrons. The van der Waals surface area contributed by atoms with Crippen molar-refractivity contribution in [2.45, 2.75) is 26.3 Å². The van der Waals surface area contributed by atoms with Crippen LogP contribution in [0.25, 0.3) is 0 Å². The van der Waals surface area contributed by atoms with Gasteiger partial charge in [0, 0.05) is 0 Å². The van der Waals surface area contributed by atoms with E-state index < -0.39 is 11.4 Å². The minimum Gasteiger partial charge on any atom is -0.382 e. The Morgan fingerprint density at radius 3 is 2.50 bits per heavy atom. The Labute approximate surface area is 82.1 Å². The number of primary amides is 1. The molecule has 1 aromatic rings. The number of aromatic nitrogens is 2. The monoisotopic (exact) mass is 197 g/mol. The Bertz CT molecular complexity index is 355. The van der Waals surface area contributed by atoms with Crippen LogP contribution in [0.1, 0.15) is 19.7 Å². The van der Waals surface area contributed by atoms with Gasteiger partial charge in [0.15, 0.2) is 5.82 Å². The third-order valence-electron chi connectivity index (χ3n) is 1.90. The summed E-state index contributed by atoms with van der Waals surface area (Å²) in [5, 5.41) is 2.86. The zero-order chi connectivity index (χ0) is 10.9. The second kappa shape index (κ2) is 3.21. The van der Waals surface area contributed by atoms with Gasteiger partial charge < -0.3 is 21.8 Å². The van der Waals surface area contributed by atoms with Gasteiger partial charge in [-0.1, -0.05) is 0 Å². The van der Waals surface area contributed by atoms with Crippen LogP contribution in [0.15, 0.2) is 0 Å². The lowest BCUT2D eigenvalue weighted by Gasteiger charge is -2.22. The van der Waals surface area contributed by atoms with Crippen LogP contribution in [0.3, 0.4) is 0 Å². The third kappa shape index (κ3) is 1.95. The number of hydrogen-bond donors (Lipinski definition) is 4. The number of carbonyl (C=O) groups is 1. The molecule has 0 spiro atoms. The van der Waals surface area contributed by atoms with E-state index in [1.807, 2.05) is 0 Å². The van der Waals surface area contributed by atoms with Gasteiger partial charge in [0.25, 0.3) is 0 Å². The fraction of sp³-hybridized carbons (Fsp3) is 0.500. The number of nitrogens with one attached hydrogen (secondary N) is 2. The lowest BCUT2D eigenvalue weighted by molar-refractivity contribution is -0.121. The number of nitrogens with two attached hydrogens (primary N) is 2.